The largest absolute Gasteiger partial charge is 0.493 e. The Balaban J connectivity index is 1.42. The fraction of sp³-hybridized carbons (Fsp3) is 0.600. The summed E-state index contributed by atoms with van der Waals surface area (Å²) in [5, 5.41) is 12.9. The molecule has 2 N–H and O–H groups in total. The van der Waals surface area contributed by atoms with Crippen LogP contribution in [0.2, 0.25) is 0 Å². The van der Waals surface area contributed by atoms with Crippen molar-refractivity contribution < 1.29 is 19.4 Å². The molecule has 4 rings (SSSR count). The van der Waals surface area contributed by atoms with E-state index in [-0.39, 0.29) is 29.9 Å². The van der Waals surface area contributed by atoms with E-state index in [2.05, 4.69) is 11.4 Å². The molecular formula is C20H26N2O4. The number of benzene rings is 1. The zero-order valence-electron chi connectivity index (χ0n) is 14.9. The number of aliphatic hydroxyl groups excluding tert-OH is 1. The molecule has 1 atom stereocenters. The third kappa shape index (κ3) is 3.56. The third-order valence-electron chi connectivity index (χ3n) is 5.79. The van der Waals surface area contributed by atoms with Gasteiger partial charge in [0.2, 0.25) is 11.8 Å². The first-order chi connectivity index (χ1) is 12.6. The van der Waals surface area contributed by atoms with Gasteiger partial charge in [-0.15, -0.1) is 0 Å². The molecule has 1 aromatic carbocycles. The second kappa shape index (κ2) is 7.27. The van der Waals surface area contributed by atoms with Gasteiger partial charge in [0.15, 0.2) is 0 Å². The highest BCUT2D eigenvalue weighted by Gasteiger charge is 2.36. The minimum atomic E-state index is -0.264. The van der Waals surface area contributed by atoms with Crippen molar-refractivity contribution >= 4 is 11.8 Å². The van der Waals surface area contributed by atoms with E-state index in [0.717, 1.165) is 30.7 Å². The average Bonchev–Trinajstić information content (AvgIpc) is 3.23. The van der Waals surface area contributed by atoms with E-state index < -0.39 is 0 Å². The zero-order valence-corrected chi connectivity index (χ0v) is 14.9. The second-order valence-electron chi connectivity index (χ2n) is 7.63. The molecule has 0 radical (unpaired) electrons. The Labute approximate surface area is 153 Å². The smallest absolute Gasteiger partial charge is 0.222 e. The molecule has 2 fully saturated rings. The number of rotatable bonds is 6. The summed E-state index contributed by atoms with van der Waals surface area (Å²) in [5.41, 5.74) is 2.26. The molecule has 3 aliphatic rings. The molecule has 26 heavy (non-hydrogen) atoms. The number of hydrogen-bond donors (Lipinski definition) is 2. The van der Waals surface area contributed by atoms with Gasteiger partial charge in [0.1, 0.15) is 5.75 Å². The molecular weight excluding hydrogens is 332 g/mol. The van der Waals surface area contributed by atoms with Gasteiger partial charge in [0.25, 0.3) is 0 Å². The van der Waals surface area contributed by atoms with E-state index in [1.54, 1.807) is 4.90 Å². The van der Waals surface area contributed by atoms with Gasteiger partial charge in [-0.1, -0.05) is 6.07 Å². The van der Waals surface area contributed by atoms with Crippen molar-refractivity contribution in [3.63, 3.8) is 0 Å². The Morgan fingerprint density at radius 2 is 2.19 bits per heavy atom. The predicted octanol–water partition coefficient (Wildman–Crippen LogP) is 1.56. The number of likely N-dealkylation sites (tertiary alicyclic amines) is 1. The van der Waals surface area contributed by atoms with Crippen LogP contribution >= 0.6 is 0 Å². The molecule has 2 aliphatic heterocycles. The number of hydrogen-bond acceptors (Lipinski definition) is 4. The van der Waals surface area contributed by atoms with Crippen LogP contribution < -0.4 is 10.1 Å². The number of carbonyl (C=O) groups excluding carboxylic acids is 2. The van der Waals surface area contributed by atoms with E-state index in [1.165, 1.54) is 5.56 Å². The molecule has 0 aromatic heterocycles. The molecule has 2 heterocycles. The van der Waals surface area contributed by atoms with Crippen LogP contribution in [0.25, 0.3) is 0 Å². The molecule has 1 saturated heterocycles. The first kappa shape index (κ1) is 17.3. The van der Waals surface area contributed by atoms with Crippen LogP contribution in [-0.4, -0.2) is 47.6 Å². The summed E-state index contributed by atoms with van der Waals surface area (Å²) in [5.74, 6) is 1.30. The summed E-state index contributed by atoms with van der Waals surface area (Å²) in [7, 11) is 0. The Bertz CT molecular complexity index is 699. The van der Waals surface area contributed by atoms with Crippen molar-refractivity contribution in [1.29, 1.82) is 0 Å². The van der Waals surface area contributed by atoms with Gasteiger partial charge in [-0.25, -0.2) is 0 Å². The van der Waals surface area contributed by atoms with Gasteiger partial charge in [0.05, 0.1) is 18.8 Å². The van der Waals surface area contributed by atoms with Crippen LogP contribution in [0.3, 0.4) is 0 Å². The quantitative estimate of drug-likeness (QED) is 0.809. The molecule has 0 spiro atoms. The van der Waals surface area contributed by atoms with E-state index in [1.807, 2.05) is 12.1 Å². The fourth-order valence-electron chi connectivity index (χ4n) is 4.20. The monoisotopic (exact) mass is 358 g/mol. The summed E-state index contributed by atoms with van der Waals surface area (Å²) in [6.07, 6.45) is 3.87. The van der Waals surface area contributed by atoms with Gasteiger partial charge in [-0.3, -0.25) is 9.59 Å². The lowest BCUT2D eigenvalue weighted by atomic mass is 9.75. The third-order valence-corrected chi connectivity index (χ3v) is 5.79. The number of nitrogens with zero attached hydrogens (tertiary/aromatic N) is 1. The number of nitrogens with one attached hydrogen (secondary N) is 1. The van der Waals surface area contributed by atoms with Gasteiger partial charge < -0.3 is 20.1 Å². The van der Waals surface area contributed by atoms with Gasteiger partial charge >= 0.3 is 0 Å². The van der Waals surface area contributed by atoms with Crippen LogP contribution in [-0.2, 0) is 16.0 Å². The molecule has 140 valence electrons. The molecule has 6 nitrogen and oxygen atoms in total. The molecule has 2 amide bonds. The second-order valence-corrected chi connectivity index (χ2v) is 7.63. The first-order valence-electron chi connectivity index (χ1n) is 9.61. The Morgan fingerprint density at radius 3 is 2.92 bits per heavy atom. The fourth-order valence-corrected chi connectivity index (χ4v) is 4.20. The molecule has 0 bridgehead atoms. The van der Waals surface area contributed by atoms with Gasteiger partial charge in [-0.2, -0.15) is 0 Å². The molecule has 1 aromatic rings. The summed E-state index contributed by atoms with van der Waals surface area (Å²) in [4.78, 5) is 26.0. The van der Waals surface area contributed by atoms with Crippen LogP contribution in [0.15, 0.2) is 18.2 Å². The predicted molar refractivity (Wildman–Crippen MR) is 95.7 cm³/mol. The van der Waals surface area contributed by atoms with Crippen LogP contribution in [0, 0.1) is 5.92 Å². The number of fused-ring (bicyclic) bond motifs is 1. The van der Waals surface area contributed by atoms with Gasteiger partial charge in [-0.05, 0) is 48.4 Å². The van der Waals surface area contributed by atoms with Gasteiger partial charge in [0, 0.05) is 32.4 Å². The summed E-state index contributed by atoms with van der Waals surface area (Å²) in [6.45, 7) is 1.96. The van der Waals surface area contributed by atoms with Crippen molar-refractivity contribution in [3.8, 4) is 5.75 Å². The molecule has 1 aliphatic carbocycles. The maximum absolute atomic E-state index is 12.5. The maximum Gasteiger partial charge on any atom is 0.222 e. The van der Waals surface area contributed by atoms with Crippen molar-refractivity contribution in [2.24, 2.45) is 5.92 Å². The highest BCUT2D eigenvalue weighted by molar-refractivity contribution is 5.80. The Hall–Kier alpha value is -2.08. The lowest BCUT2D eigenvalue weighted by Crippen LogP contribution is -2.42. The molecule has 0 unspecified atom stereocenters. The van der Waals surface area contributed by atoms with Crippen molar-refractivity contribution in [3.05, 3.63) is 29.3 Å². The standard InChI is InChI=1S/C20H26N2O4/c23-16-11-15(12-16)20(14-3-4-17-13(10-14)6-9-26-17)21-18(24)5-8-22-7-1-2-19(22)25/h3-4,10,15-16,20,23H,1-2,5-9,11-12H2,(H,21,24)/t15?,16?,20-/m1/s1. The van der Waals surface area contributed by atoms with E-state index in [0.29, 0.717) is 38.8 Å². The Morgan fingerprint density at radius 1 is 1.35 bits per heavy atom. The van der Waals surface area contributed by atoms with Crippen LogP contribution in [0.1, 0.15) is 49.3 Å². The summed E-state index contributed by atoms with van der Waals surface area (Å²) < 4.78 is 5.57. The minimum Gasteiger partial charge on any atom is -0.493 e. The van der Waals surface area contributed by atoms with Crippen molar-refractivity contribution in [1.82, 2.24) is 10.2 Å². The first-order valence-corrected chi connectivity index (χ1v) is 9.61. The van der Waals surface area contributed by atoms with Crippen molar-refractivity contribution in [2.75, 3.05) is 19.7 Å². The topological polar surface area (TPSA) is 78.9 Å². The molecule has 6 heteroatoms. The zero-order chi connectivity index (χ0) is 18.1. The average molecular weight is 358 g/mol. The molecule has 1 saturated carbocycles. The summed E-state index contributed by atoms with van der Waals surface area (Å²) >= 11 is 0. The van der Waals surface area contributed by atoms with E-state index >= 15 is 0 Å². The van der Waals surface area contributed by atoms with E-state index in [9.17, 15) is 14.7 Å². The number of aliphatic hydroxyl groups is 1. The normalized spacial score (nSPS) is 25.4. The summed E-state index contributed by atoms with van der Waals surface area (Å²) in [6, 6.07) is 6.03. The lowest BCUT2D eigenvalue weighted by Gasteiger charge is -2.38. The highest BCUT2D eigenvalue weighted by atomic mass is 16.5. The van der Waals surface area contributed by atoms with E-state index in [4.69, 9.17) is 4.74 Å². The SMILES string of the molecule is O=C(CCN1CCCC1=O)N[C@H](c1ccc2c(c1)CCO2)C1CC(O)C1. The number of amides is 2. The lowest BCUT2D eigenvalue weighted by molar-refractivity contribution is -0.128. The number of carbonyl (C=O) groups is 2. The van der Waals surface area contributed by atoms with Crippen LogP contribution in [0.4, 0.5) is 0 Å². The minimum absolute atomic E-state index is 0.0344. The Kier molecular flexibility index (Phi) is 4.85. The number of ether oxygens (including phenoxy) is 1. The van der Waals surface area contributed by atoms with Crippen molar-refractivity contribution in [2.45, 2.75) is 50.7 Å². The van der Waals surface area contributed by atoms with Crippen LogP contribution in [0.5, 0.6) is 5.75 Å². The highest BCUT2D eigenvalue weighted by Crippen LogP contribution is 2.39. The maximum atomic E-state index is 12.5.